The number of nitrogens with zero attached hydrogens (tertiary/aromatic N) is 1. The molecule has 1 saturated carbocycles. The summed E-state index contributed by atoms with van der Waals surface area (Å²) < 4.78 is 33.0. The number of carbonyl (C=O) groups is 1. The van der Waals surface area contributed by atoms with Crippen molar-refractivity contribution in [2.45, 2.75) is 42.8 Å². The summed E-state index contributed by atoms with van der Waals surface area (Å²) in [4.78, 5) is 12.7. The Morgan fingerprint density at radius 3 is 2.35 bits per heavy atom. The zero-order chi connectivity index (χ0) is 22.3. The van der Waals surface area contributed by atoms with Gasteiger partial charge in [-0.3, -0.25) is 9.10 Å². The molecule has 0 bridgehead atoms. The number of thioether (sulfide) groups is 1. The Hall–Kier alpha value is -2.19. The molecule has 0 radical (unpaired) electrons. The maximum absolute atomic E-state index is 13.4. The Morgan fingerprint density at radius 1 is 1.10 bits per heavy atom. The first-order valence-corrected chi connectivity index (χ1v) is 13.0. The molecule has 0 atom stereocenters. The molecule has 2 aromatic rings. The van der Waals surface area contributed by atoms with Crippen LogP contribution in [0.4, 0.5) is 5.69 Å². The molecule has 8 heteroatoms. The van der Waals surface area contributed by atoms with Crippen LogP contribution < -0.4 is 14.4 Å². The molecule has 0 aliphatic heterocycles. The normalized spacial score (nSPS) is 14.4. The Bertz CT molecular complexity index is 954. The van der Waals surface area contributed by atoms with Crippen molar-refractivity contribution in [2.24, 2.45) is 0 Å². The van der Waals surface area contributed by atoms with Gasteiger partial charge in [0.1, 0.15) is 12.3 Å². The zero-order valence-electron chi connectivity index (χ0n) is 18.0. The third-order valence-corrected chi connectivity index (χ3v) is 8.51. The van der Waals surface area contributed by atoms with E-state index in [2.05, 4.69) is 5.32 Å². The highest BCUT2D eigenvalue weighted by molar-refractivity contribution is 7.99. The fourth-order valence-electron chi connectivity index (χ4n) is 3.56. The van der Waals surface area contributed by atoms with Crippen LogP contribution in [0, 0.1) is 6.92 Å². The lowest BCUT2D eigenvalue weighted by Gasteiger charge is -2.24. The third kappa shape index (κ3) is 6.40. The maximum atomic E-state index is 13.4. The number of hydrogen-bond acceptors (Lipinski definition) is 5. The first-order valence-electron chi connectivity index (χ1n) is 10.5. The van der Waals surface area contributed by atoms with Gasteiger partial charge in [-0.15, -0.1) is 0 Å². The molecule has 2 aromatic carbocycles. The van der Waals surface area contributed by atoms with Crippen LogP contribution in [0.2, 0.25) is 0 Å². The molecule has 0 aromatic heterocycles. The van der Waals surface area contributed by atoms with Crippen molar-refractivity contribution in [3.8, 4) is 5.75 Å². The summed E-state index contributed by atoms with van der Waals surface area (Å²) in [7, 11) is -2.39. The van der Waals surface area contributed by atoms with Crippen LogP contribution in [0.1, 0.15) is 31.2 Å². The average Bonchev–Trinajstić information content (AvgIpc) is 3.29. The molecule has 0 spiro atoms. The van der Waals surface area contributed by atoms with Crippen molar-refractivity contribution < 1.29 is 17.9 Å². The van der Waals surface area contributed by atoms with Crippen LogP contribution in [0.25, 0.3) is 0 Å². The van der Waals surface area contributed by atoms with Crippen LogP contribution in [0.15, 0.2) is 53.4 Å². The Kier molecular flexibility index (Phi) is 8.26. The standard InChI is InChI=1S/C23H30N2O4S2/c1-18-7-9-19(10-8-18)25(31(27,28)22-13-11-20(29-2)12-14-22)17-23(26)24-15-16-30-21-5-3-4-6-21/h7-14,21H,3-6,15-17H2,1-2H3,(H,24,26). The number of ether oxygens (including phenoxy) is 1. The van der Waals surface area contributed by atoms with Gasteiger partial charge in [0.25, 0.3) is 10.0 Å². The van der Waals surface area contributed by atoms with Crippen LogP contribution in [0.5, 0.6) is 5.75 Å². The number of sulfonamides is 1. The second kappa shape index (κ2) is 10.9. The summed E-state index contributed by atoms with van der Waals surface area (Å²) in [5.74, 6) is 1.09. The Balaban J connectivity index is 1.71. The number of benzene rings is 2. The zero-order valence-corrected chi connectivity index (χ0v) is 19.7. The predicted octanol–water partition coefficient (Wildman–Crippen LogP) is 3.99. The molecular weight excluding hydrogens is 432 g/mol. The predicted molar refractivity (Wildman–Crippen MR) is 126 cm³/mol. The molecule has 31 heavy (non-hydrogen) atoms. The van der Waals surface area contributed by atoms with E-state index >= 15 is 0 Å². The fraction of sp³-hybridized carbons (Fsp3) is 0.435. The van der Waals surface area contributed by atoms with Gasteiger partial charge in [-0.1, -0.05) is 30.5 Å². The highest BCUT2D eigenvalue weighted by Gasteiger charge is 2.27. The van der Waals surface area contributed by atoms with Gasteiger partial charge in [0.2, 0.25) is 5.91 Å². The van der Waals surface area contributed by atoms with Crippen molar-refractivity contribution in [1.29, 1.82) is 0 Å². The molecule has 0 unspecified atom stereocenters. The fourth-order valence-corrected chi connectivity index (χ4v) is 6.20. The van der Waals surface area contributed by atoms with E-state index in [0.717, 1.165) is 15.6 Å². The Labute approximate surface area is 189 Å². The number of rotatable bonds is 10. The Morgan fingerprint density at radius 2 is 1.74 bits per heavy atom. The topological polar surface area (TPSA) is 75.7 Å². The lowest BCUT2D eigenvalue weighted by atomic mass is 10.2. The molecule has 1 aliphatic carbocycles. The van der Waals surface area contributed by atoms with Gasteiger partial charge < -0.3 is 10.1 Å². The highest BCUT2D eigenvalue weighted by atomic mass is 32.2. The summed E-state index contributed by atoms with van der Waals surface area (Å²) in [5, 5.41) is 3.57. The number of anilines is 1. The summed E-state index contributed by atoms with van der Waals surface area (Å²) in [6.07, 6.45) is 5.08. The monoisotopic (exact) mass is 462 g/mol. The van der Waals surface area contributed by atoms with Crippen molar-refractivity contribution in [1.82, 2.24) is 5.32 Å². The van der Waals surface area contributed by atoms with Crippen molar-refractivity contribution in [3.05, 3.63) is 54.1 Å². The minimum atomic E-state index is -3.92. The number of hydrogen-bond donors (Lipinski definition) is 1. The second-order valence-corrected chi connectivity index (χ2v) is 10.9. The van der Waals surface area contributed by atoms with Crippen LogP contribution >= 0.6 is 11.8 Å². The van der Waals surface area contributed by atoms with Crippen LogP contribution in [-0.4, -0.2) is 45.5 Å². The van der Waals surface area contributed by atoms with Gasteiger partial charge in [-0.05, 0) is 56.2 Å². The van der Waals surface area contributed by atoms with Crippen molar-refractivity contribution in [2.75, 3.05) is 30.3 Å². The summed E-state index contributed by atoms with van der Waals surface area (Å²) in [6.45, 7) is 2.19. The molecule has 3 rings (SSSR count). The first-order chi connectivity index (χ1) is 14.9. The third-order valence-electron chi connectivity index (χ3n) is 5.34. The molecule has 168 valence electrons. The van der Waals surface area contributed by atoms with E-state index in [1.165, 1.54) is 44.9 Å². The van der Waals surface area contributed by atoms with E-state index in [9.17, 15) is 13.2 Å². The van der Waals surface area contributed by atoms with Crippen molar-refractivity contribution in [3.63, 3.8) is 0 Å². The number of methoxy groups -OCH3 is 1. The van der Waals surface area contributed by atoms with Crippen LogP contribution in [-0.2, 0) is 14.8 Å². The van der Waals surface area contributed by atoms with E-state index in [4.69, 9.17) is 4.74 Å². The molecule has 0 heterocycles. The van der Waals surface area contributed by atoms with E-state index in [0.29, 0.717) is 23.2 Å². The molecule has 1 aliphatic rings. The quantitative estimate of drug-likeness (QED) is 0.541. The first kappa shape index (κ1) is 23.5. The van der Waals surface area contributed by atoms with E-state index in [1.807, 2.05) is 30.8 Å². The van der Waals surface area contributed by atoms with Gasteiger partial charge in [-0.2, -0.15) is 11.8 Å². The molecule has 6 nitrogen and oxygen atoms in total. The summed E-state index contributed by atoms with van der Waals surface area (Å²) in [5.41, 5.74) is 1.47. The minimum absolute atomic E-state index is 0.110. The van der Waals surface area contributed by atoms with E-state index < -0.39 is 10.0 Å². The number of nitrogens with one attached hydrogen (secondary N) is 1. The largest absolute Gasteiger partial charge is 0.497 e. The second-order valence-electron chi connectivity index (χ2n) is 7.65. The molecule has 0 saturated heterocycles. The van der Waals surface area contributed by atoms with E-state index in [1.54, 1.807) is 24.3 Å². The average molecular weight is 463 g/mol. The molecule has 1 N–H and O–H groups in total. The summed E-state index contributed by atoms with van der Waals surface area (Å²) >= 11 is 1.89. The van der Waals surface area contributed by atoms with Gasteiger partial charge >= 0.3 is 0 Å². The van der Waals surface area contributed by atoms with Crippen LogP contribution in [0.3, 0.4) is 0 Å². The minimum Gasteiger partial charge on any atom is -0.497 e. The van der Waals surface area contributed by atoms with Gasteiger partial charge in [-0.25, -0.2) is 8.42 Å². The summed E-state index contributed by atoms with van der Waals surface area (Å²) in [6, 6.07) is 13.3. The number of amides is 1. The lowest BCUT2D eigenvalue weighted by molar-refractivity contribution is -0.119. The number of carbonyl (C=O) groups excluding carboxylic acids is 1. The van der Waals surface area contributed by atoms with Gasteiger partial charge in [0, 0.05) is 17.5 Å². The van der Waals surface area contributed by atoms with Gasteiger partial charge in [0.05, 0.1) is 17.7 Å². The lowest BCUT2D eigenvalue weighted by Crippen LogP contribution is -2.41. The maximum Gasteiger partial charge on any atom is 0.264 e. The number of aryl methyl sites for hydroxylation is 1. The molecular formula is C23H30N2O4S2. The smallest absolute Gasteiger partial charge is 0.264 e. The SMILES string of the molecule is COc1ccc(S(=O)(=O)N(CC(=O)NCCSC2CCCC2)c2ccc(C)cc2)cc1. The van der Waals surface area contributed by atoms with Gasteiger partial charge in [0.15, 0.2) is 0 Å². The van der Waals surface area contributed by atoms with Crippen molar-refractivity contribution >= 4 is 33.4 Å². The molecule has 1 amide bonds. The molecule has 1 fully saturated rings. The highest BCUT2D eigenvalue weighted by Crippen LogP contribution is 2.29. The van der Waals surface area contributed by atoms with E-state index in [-0.39, 0.29) is 17.3 Å².